The molecule has 0 spiro atoms. The first kappa shape index (κ1) is 13.0. The first-order valence-corrected chi connectivity index (χ1v) is 6.83. The Hall–Kier alpha value is -1.41. The third kappa shape index (κ3) is 4.11. The molecule has 0 amide bonds. The topological polar surface area (TPSA) is 17.1 Å². The second kappa shape index (κ2) is 6.50. The fourth-order valence-electron chi connectivity index (χ4n) is 1.85. The Bertz CT molecular complexity index is 502. The molecular weight excluding hydrogens is 288 g/mol. The molecule has 0 saturated carbocycles. The van der Waals surface area contributed by atoms with Crippen molar-refractivity contribution in [3.8, 4) is 0 Å². The molecule has 2 aromatic rings. The molecule has 0 aliphatic heterocycles. The van der Waals surface area contributed by atoms with E-state index in [4.69, 9.17) is 0 Å². The lowest BCUT2D eigenvalue weighted by atomic mass is 10.0. The third-order valence-corrected chi connectivity index (χ3v) is 3.38. The molecule has 0 heterocycles. The lowest BCUT2D eigenvalue weighted by Gasteiger charge is -2.02. The second-order valence-electron chi connectivity index (χ2n) is 4.33. The summed E-state index contributed by atoms with van der Waals surface area (Å²) in [5.41, 5.74) is 2.30. The standard InChI is InChI=1S/C16H15BrO/c17-15-9-6-14(7-10-15)12-16(18)11-8-13-4-2-1-3-5-13/h1-7,9-10H,8,11-12H2. The van der Waals surface area contributed by atoms with Crippen LogP contribution in [0.1, 0.15) is 17.5 Å². The van der Waals surface area contributed by atoms with E-state index in [1.807, 2.05) is 42.5 Å². The van der Waals surface area contributed by atoms with Gasteiger partial charge >= 0.3 is 0 Å². The van der Waals surface area contributed by atoms with Crippen LogP contribution in [0.3, 0.4) is 0 Å². The summed E-state index contributed by atoms with van der Waals surface area (Å²) in [6, 6.07) is 18.1. The van der Waals surface area contributed by atoms with Crippen LogP contribution >= 0.6 is 15.9 Å². The van der Waals surface area contributed by atoms with Gasteiger partial charge in [-0.05, 0) is 29.7 Å². The van der Waals surface area contributed by atoms with Gasteiger partial charge in [-0.1, -0.05) is 58.4 Å². The van der Waals surface area contributed by atoms with Crippen LogP contribution in [-0.4, -0.2) is 5.78 Å². The van der Waals surface area contributed by atoms with Gasteiger partial charge in [-0.15, -0.1) is 0 Å². The molecule has 2 rings (SSSR count). The number of carbonyl (C=O) groups excluding carboxylic acids is 1. The second-order valence-corrected chi connectivity index (χ2v) is 5.24. The molecule has 0 aromatic heterocycles. The third-order valence-electron chi connectivity index (χ3n) is 2.85. The molecule has 2 heteroatoms. The molecule has 0 N–H and O–H groups in total. The zero-order valence-electron chi connectivity index (χ0n) is 10.1. The van der Waals surface area contributed by atoms with Crippen molar-refractivity contribution >= 4 is 21.7 Å². The van der Waals surface area contributed by atoms with E-state index in [0.717, 1.165) is 16.5 Å². The Morgan fingerprint density at radius 2 is 1.56 bits per heavy atom. The largest absolute Gasteiger partial charge is 0.299 e. The van der Waals surface area contributed by atoms with Gasteiger partial charge in [0.15, 0.2) is 0 Å². The molecule has 1 nitrogen and oxygen atoms in total. The van der Waals surface area contributed by atoms with Crippen LogP contribution in [0.25, 0.3) is 0 Å². The molecule has 0 aliphatic carbocycles. The quantitative estimate of drug-likeness (QED) is 0.809. The maximum Gasteiger partial charge on any atom is 0.137 e. The number of aryl methyl sites for hydroxylation is 1. The minimum Gasteiger partial charge on any atom is -0.299 e. The zero-order valence-corrected chi connectivity index (χ0v) is 11.7. The first-order valence-electron chi connectivity index (χ1n) is 6.04. The number of hydrogen-bond acceptors (Lipinski definition) is 1. The Balaban J connectivity index is 1.84. The van der Waals surface area contributed by atoms with Gasteiger partial charge in [0, 0.05) is 17.3 Å². The SMILES string of the molecule is O=C(CCc1ccccc1)Cc1ccc(Br)cc1. The Morgan fingerprint density at radius 1 is 0.889 bits per heavy atom. The van der Waals surface area contributed by atoms with Gasteiger partial charge < -0.3 is 0 Å². The number of benzene rings is 2. The highest BCUT2D eigenvalue weighted by atomic mass is 79.9. The Morgan fingerprint density at radius 3 is 2.22 bits per heavy atom. The van der Waals surface area contributed by atoms with Crippen LogP contribution < -0.4 is 0 Å². The van der Waals surface area contributed by atoms with Crippen LogP contribution in [0.5, 0.6) is 0 Å². The minimum absolute atomic E-state index is 0.293. The van der Waals surface area contributed by atoms with Crippen molar-refractivity contribution in [2.24, 2.45) is 0 Å². The number of ketones is 1. The van der Waals surface area contributed by atoms with Gasteiger partial charge in [-0.2, -0.15) is 0 Å². The highest BCUT2D eigenvalue weighted by molar-refractivity contribution is 9.10. The smallest absolute Gasteiger partial charge is 0.137 e. The molecule has 0 fully saturated rings. The fraction of sp³-hybridized carbons (Fsp3) is 0.188. The highest BCUT2D eigenvalue weighted by Gasteiger charge is 2.04. The molecule has 0 unspecified atom stereocenters. The molecule has 0 atom stereocenters. The minimum atomic E-state index is 0.293. The number of hydrogen-bond donors (Lipinski definition) is 0. The maximum atomic E-state index is 11.9. The van der Waals surface area contributed by atoms with Gasteiger partial charge in [-0.25, -0.2) is 0 Å². The molecule has 0 radical (unpaired) electrons. The molecule has 0 saturated heterocycles. The van der Waals surface area contributed by atoms with E-state index in [-0.39, 0.29) is 0 Å². The molecule has 0 aliphatic rings. The zero-order chi connectivity index (χ0) is 12.8. The van der Waals surface area contributed by atoms with Crippen LogP contribution in [0, 0.1) is 0 Å². The van der Waals surface area contributed by atoms with Crippen LogP contribution in [0.15, 0.2) is 59.1 Å². The van der Waals surface area contributed by atoms with E-state index >= 15 is 0 Å². The van der Waals surface area contributed by atoms with Crippen molar-refractivity contribution in [1.29, 1.82) is 0 Å². The van der Waals surface area contributed by atoms with Crippen LogP contribution in [0.4, 0.5) is 0 Å². The summed E-state index contributed by atoms with van der Waals surface area (Å²) in [4.78, 5) is 11.9. The van der Waals surface area contributed by atoms with Crippen molar-refractivity contribution in [2.45, 2.75) is 19.3 Å². The number of Topliss-reactive ketones (excluding diaryl/α,β-unsaturated/α-hetero) is 1. The van der Waals surface area contributed by atoms with Crippen molar-refractivity contribution in [3.05, 3.63) is 70.2 Å². The molecule has 92 valence electrons. The summed E-state index contributed by atoms with van der Waals surface area (Å²) in [6.45, 7) is 0. The summed E-state index contributed by atoms with van der Waals surface area (Å²) >= 11 is 3.39. The highest BCUT2D eigenvalue weighted by Crippen LogP contribution is 2.12. The van der Waals surface area contributed by atoms with Crippen molar-refractivity contribution < 1.29 is 4.79 Å². The molecular formula is C16H15BrO. The average molecular weight is 303 g/mol. The van der Waals surface area contributed by atoms with Crippen molar-refractivity contribution in [3.63, 3.8) is 0 Å². The van der Waals surface area contributed by atoms with Gasteiger partial charge in [0.1, 0.15) is 5.78 Å². The monoisotopic (exact) mass is 302 g/mol. The van der Waals surface area contributed by atoms with E-state index in [9.17, 15) is 4.79 Å². The number of carbonyl (C=O) groups is 1. The predicted molar refractivity (Wildman–Crippen MR) is 77.6 cm³/mol. The molecule has 2 aromatic carbocycles. The van der Waals surface area contributed by atoms with Crippen LogP contribution in [-0.2, 0) is 17.6 Å². The van der Waals surface area contributed by atoms with E-state index in [0.29, 0.717) is 18.6 Å². The summed E-state index contributed by atoms with van der Waals surface area (Å²) in [5, 5.41) is 0. The lowest BCUT2D eigenvalue weighted by Crippen LogP contribution is -2.04. The van der Waals surface area contributed by atoms with E-state index in [1.54, 1.807) is 0 Å². The first-order chi connectivity index (χ1) is 8.74. The Kier molecular flexibility index (Phi) is 4.71. The summed E-state index contributed by atoms with van der Waals surface area (Å²) in [5.74, 6) is 0.293. The van der Waals surface area contributed by atoms with Gasteiger partial charge in [0.2, 0.25) is 0 Å². The lowest BCUT2D eigenvalue weighted by molar-refractivity contribution is -0.118. The van der Waals surface area contributed by atoms with E-state index in [1.165, 1.54) is 5.56 Å². The normalized spacial score (nSPS) is 10.3. The predicted octanol–water partition coefficient (Wildman–Crippen LogP) is 4.19. The average Bonchev–Trinajstić information content (AvgIpc) is 2.40. The summed E-state index contributed by atoms with van der Waals surface area (Å²) < 4.78 is 1.04. The van der Waals surface area contributed by atoms with E-state index in [2.05, 4.69) is 28.1 Å². The van der Waals surface area contributed by atoms with Gasteiger partial charge in [0.05, 0.1) is 0 Å². The van der Waals surface area contributed by atoms with Crippen molar-refractivity contribution in [1.82, 2.24) is 0 Å². The van der Waals surface area contributed by atoms with E-state index < -0.39 is 0 Å². The van der Waals surface area contributed by atoms with Crippen LogP contribution in [0.2, 0.25) is 0 Å². The maximum absolute atomic E-state index is 11.9. The van der Waals surface area contributed by atoms with Gasteiger partial charge in [-0.3, -0.25) is 4.79 Å². The summed E-state index contributed by atoms with van der Waals surface area (Å²) in [6.07, 6.45) is 1.97. The Labute approximate surface area is 116 Å². The molecule has 18 heavy (non-hydrogen) atoms. The number of halogens is 1. The molecule has 0 bridgehead atoms. The summed E-state index contributed by atoms with van der Waals surface area (Å²) in [7, 11) is 0. The van der Waals surface area contributed by atoms with Gasteiger partial charge in [0.25, 0.3) is 0 Å². The fourth-order valence-corrected chi connectivity index (χ4v) is 2.11. The number of rotatable bonds is 5. The van der Waals surface area contributed by atoms with Crippen molar-refractivity contribution in [2.75, 3.05) is 0 Å².